The summed E-state index contributed by atoms with van der Waals surface area (Å²) < 4.78 is 6.07. The molecule has 5 nitrogen and oxygen atoms in total. The monoisotopic (exact) mass is 442 g/mol. The molecule has 0 bridgehead atoms. The first-order chi connectivity index (χ1) is 16.6. The lowest BCUT2D eigenvalue weighted by Crippen LogP contribution is -2.03. The molecule has 0 unspecified atom stereocenters. The minimum atomic E-state index is 0.395. The number of hydrogen-bond donors (Lipinski definition) is 0. The average Bonchev–Trinajstić information content (AvgIpc) is 2.89. The molecule has 4 rings (SSSR count). The second kappa shape index (κ2) is 10.3. The summed E-state index contributed by atoms with van der Waals surface area (Å²) in [6, 6.07) is 27.1. The minimum Gasteiger partial charge on any atom is -0.487 e. The standard InChI is InChI=1S/C29H22N4O/c1-20-27(17-32-21(2)29(20)34-19-24-5-3-22(15-30)4-6-24)18-33-28-13-11-26(12-14-28)25-9-7-23(16-31)8-10-25/h3-14,17-18H,19H2,1-2H3. The Morgan fingerprint density at radius 3 is 1.97 bits per heavy atom. The predicted molar refractivity (Wildman–Crippen MR) is 133 cm³/mol. The summed E-state index contributed by atoms with van der Waals surface area (Å²) in [6.07, 6.45) is 3.60. The number of hydrogen-bond acceptors (Lipinski definition) is 5. The highest BCUT2D eigenvalue weighted by atomic mass is 16.5. The lowest BCUT2D eigenvalue weighted by Gasteiger charge is -2.13. The highest BCUT2D eigenvalue weighted by Gasteiger charge is 2.10. The van der Waals surface area contributed by atoms with Gasteiger partial charge in [-0.2, -0.15) is 10.5 Å². The Morgan fingerprint density at radius 2 is 1.38 bits per heavy atom. The molecule has 0 aliphatic heterocycles. The fourth-order valence-electron chi connectivity index (χ4n) is 3.52. The van der Waals surface area contributed by atoms with E-state index in [0.29, 0.717) is 17.7 Å². The Bertz CT molecular complexity index is 1410. The Kier molecular flexibility index (Phi) is 6.77. The second-order valence-corrected chi connectivity index (χ2v) is 7.84. The number of nitriles is 2. The van der Waals surface area contributed by atoms with Gasteiger partial charge in [-0.15, -0.1) is 0 Å². The van der Waals surface area contributed by atoms with Gasteiger partial charge in [0.25, 0.3) is 0 Å². The maximum Gasteiger partial charge on any atom is 0.144 e. The van der Waals surface area contributed by atoms with Gasteiger partial charge in [0.2, 0.25) is 0 Å². The smallest absolute Gasteiger partial charge is 0.144 e. The Balaban J connectivity index is 1.48. The molecule has 4 aromatic rings. The van der Waals surface area contributed by atoms with Crippen LogP contribution in [0.25, 0.3) is 11.1 Å². The van der Waals surface area contributed by atoms with Crippen LogP contribution in [0.15, 0.2) is 84.0 Å². The van der Waals surface area contributed by atoms with Crippen molar-refractivity contribution in [3.05, 3.63) is 113 Å². The molecule has 1 aromatic heterocycles. The van der Waals surface area contributed by atoms with Gasteiger partial charge < -0.3 is 4.74 Å². The van der Waals surface area contributed by atoms with Crippen molar-refractivity contribution in [2.75, 3.05) is 0 Å². The van der Waals surface area contributed by atoms with Crippen molar-refractivity contribution in [2.45, 2.75) is 20.5 Å². The maximum absolute atomic E-state index is 8.95. The van der Waals surface area contributed by atoms with Gasteiger partial charge in [-0.3, -0.25) is 9.98 Å². The first kappa shape index (κ1) is 22.5. The van der Waals surface area contributed by atoms with E-state index < -0.39 is 0 Å². The molecular formula is C29H22N4O. The molecule has 0 saturated heterocycles. The fourth-order valence-corrected chi connectivity index (χ4v) is 3.52. The zero-order chi connectivity index (χ0) is 23.9. The van der Waals surface area contributed by atoms with Crippen LogP contribution < -0.4 is 4.74 Å². The highest BCUT2D eigenvalue weighted by molar-refractivity contribution is 5.84. The lowest BCUT2D eigenvalue weighted by molar-refractivity contribution is 0.300. The largest absolute Gasteiger partial charge is 0.487 e. The topological polar surface area (TPSA) is 82.1 Å². The summed E-state index contributed by atoms with van der Waals surface area (Å²) in [5.74, 6) is 0.740. The number of nitrogens with zero attached hydrogens (tertiary/aromatic N) is 4. The van der Waals surface area contributed by atoms with Crippen molar-refractivity contribution >= 4 is 11.9 Å². The molecule has 5 heteroatoms. The molecule has 0 fully saturated rings. The van der Waals surface area contributed by atoms with E-state index in [2.05, 4.69) is 22.1 Å². The molecule has 34 heavy (non-hydrogen) atoms. The van der Waals surface area contributed by atoms with Crippen LogP contribution in [-0.4, -0.2) is 11.2 Å². The van der Waals surface area contributed by atoms with Crippen LogP contribution in [0.1, 0.15) is 33.5 Å². The number of pyridine rings is 1. The van der Waals surface area contributed by atoms with Crippen LogP contribution in [0.3, 0.4) is 0 Å². The second-order valence-electron chi connectivity index (χ2n) is 7.84. The third kappa shape index (κ3) is 5.18. The van der Waals surface area contributed by atoms with Crippen molar-refractivity contribution in [3.8, 4) is 29.0 Å². The summed E-state index contributed by atoms with van der Waals surface area (Å²) >= 11 is 0. The third-order valence-corrected chi connectivity index (χ3v) is 5.53. The zero-order valence-electron chi connectivity index (χ0n) is 19.0. The van der Waals surface area contributed by atoms with E-state index in [-0.39, 0.29) is 0 Å². The predicted octanol–water partition coefficient (Wildman–Crippen LogP) is 6.44. The molecule has 0 aliphatic rings. The number of benzene rings is 3. The van der Waals surface area contributed by atoms with Crippen molar-refractivity contribution in [1.29, 1.82) is 10.5 Å². The summed E-state index contributed by atoms with van der Waals surface area (Å²) in [5.41, 5.74) is 7.88. The van der Waals surface area contributed by atoms with Crippen molar-refractivity contribution in [3.63, 3.8) is 0 Å². The summed E-state index contributed by atoms with van der Waals surface area (Å²) in [6.45, 7) is 4.31. The number of rotatable bonds is 6. The number of aryl methyl sites for hydroxylation is 1. The van der Waals surface area contributed by atoms with Crippen LogP contribution in [0.5, 0.6) is 5.75 Å². The minimum absolute atomic E-state index is 0.395. The van der Waals surface area contributed by atoms with Crippen LogP contribution >= 0.6 is 0 Å². The number of ether oxygens (including phenoxy) is 1. The van der Waals surface area contributed by atoms with Crippen LogP contribution in [0.2, 0.25) is 0 Å². The van der Waals surface area contributed by atoms with Crippen molar-refractivity contribution in [2.24, 2.45) is 4.99 Å². The Hall–Kier alpha value is -4.74. The third-order valence-electron chi connectivity index (χ3n) is 5.53. The van der Waals surface area contributed by atoms with Crippen molar-refractivity contribution in [1.82, 2.24) is 4.98 Å². The maximum atomic E-state index is 8.95. The van der Waals surface area contributed by atoms with E-state index in [1.165, 1.54) is 0 Å². The van der Waals surface area contributed by atoms with Gasteiger partial charge in [-0.1, -0.05) is 36.4 Å². The highest BCUT2D eigenvalue weighted by Crippen LogP contribution is 2.26. The van der Waals surface area contributed by atoms with Gasteiger partial charge in [0, 0.05) is 23.5 Å². The lowest BCUT2D eigenvalue weighted by atomic mass is 10.0. The Labute approximate surface area is 199 Å². The van der Waals surface area contributed by atoms with Crippen LogP contribution in [0.4, 0.5) is 5.69 Å². The quantitative estimate of drug-likeness (QED) is 0.322. The van der Waals surface area contributed by atoms with E-state index in [4.69, 9.17) is 15.3 Å². The normalized spacial score (nSPS) is 10.6. The van der Waals surface area contributed by atoms with Gasteiger partial charge >= 0.3 is 0 Å². The first-order valence-corrected chi connectivity index (χ1v) is 10.8. The molecule has 3 aromatic carbocycles. The molecular weight excluding hydrogens is 420 g/mol. The molecule has 164 valence electrons. The van der Waals surface area contributed by atoms with Gasteiger partial charge in [-0.05, 0) is 66.9 Å². The first-order valence-electron chi connectivity index (χ1n) is 10.8. The van der Waals surface area contributed by atoms with Gasteiger partial charge in [-0.25, -0.2) is 0 Å². The Morgan fingerprint density at radius 1 is 0.824 bits per heavy atom. The molecule has 0 atom stereocenters. The number of aromatic nitrogens is 1. The summed E-state index contributed by atoms with van der Waals surface area (Å²) in [7, 11) is 0. The van der Waals surface area contributed by atoms with Crippen LogP contribution in [-0.2, 0) is 6.61 Å². The van der Waals surface area contributed by atoms with E-state index >= 15 is 0 Å². The summed E-state index contributed by atoms with van der Waals surface area (Å²) in [5, 5.41) is 17.9. The van der Waals surface area contributed by atoms with Gasteiger partial charge in [0.05, 0.1) is 34.6 Å². The fraction of sp³-hybridized carbons (Fsp3) is 0.103. The number of aliphatic imine (C=N–C) groups is 1. The zero-order valence-corrected chi connectivity index (χ0v) is 19.0. The molecule has 0 N–H and O–H groups in total. The molecule has 0 saturated carbocycles. The van der Waals surface area contributed by atoms with E-state index in [1.54, 1.807) is 24.5 Å². The van der Waals surface area contributed by atoms with Gasteiger partial charge in [0.1, 0.15) is 12.4 Å². The van der Waals surface area contributed by atoms with E-state index in [1.807, 2.05) is 74.5 Å². The molecule has 0 amide bonds. The molecule has 0 aliphatic carbocycles. The van der Waals surface area contributed by atoms with E-state index in [0.717, 1.165) is 44.9 Å². The molecule has 0 radical (unpaired) electrons. The van der Waals surface area contributed by atoms with Crippen LogP contribution in [0, 0.1) is 36.5 Å². The van der Waals surface area contributed by atoms with E-state index in [9.17, 15) is 0 Å². The average molecular weight is 443 g/mol. The SMILES string of the molecule is Cc1ncc(C=Nc2ccc(-c3ccc(C#N)cc3)cc2)c(C)c1OCc1ccc(C#N)cc1. The molecule has 1 heterocycles. The van der Waals surface area contributed by atoms with Crippen molar-refractivity contribution < 1.29 is 4.74 Å². The summed E-state index contributed by atoms with van der Waals surface area (Å²) in [4.78, 5) is 9.09. The van der Waals surface area contributed by atoms with Gasteiger partial charge in [0.15, 0.2) is 0 Å². The molecule has 0 spiro atoms.